The quantitative estimate of drug-likeness (QED) is 0.238. The fourth-order valence-corrected chi connectivity index (χ4v) is 6.85. The second-order valence-electron chi connectivity index (χ2n) is 10.6. The highest BCUT2D eigenvalue weighted by molar-refractivity contribution is 6.19. The normalized spacial score (nSPS) is 18.1. The van der Waals surface area contributed by atoms with Gasteiger partial charge >= 0.3 is 0 Å². The van der Waals surface area contributed by atoms with Gasteiger partial charge in [0.25, 0.3) is 0 Å². The Morgan fingerprint density at radius 2 is 1.22 bits per heavy atom. The third-order valence-corrected chi connectivity index (χ3v) is 8.57. The zero-order valence-corrected chi connectivity index (χ0v) is 20.3. The van der Waals surface area contributed by atoms with Crippen LogP contribution in [0.25, 0.3) is 61.1 Å². The molecule has 2 aromatic heterocycles. The molecular formula is C35H24N2. The highest BCUT2D eigenvalue weighted by Crippen LogP contribution is 2.55. The van der Waals surface area contributed by atoms with E-state index in [0.717, 1.165) is 0 Å². The lowest BCUT2D eigenvalue weighted by Gasteiger charge is -2.18. The van der Waals surface area contributed by atoms with Gasteiger partial charge in [-0.2, -0.15) is 0 Å². The van der Waals surface area contributed by atoms with E-state index in [4.69, 9.17) is 0 Å². The van der Waals surface area contributed by atoms with Crippen molar-refractivity contribution in [2.24, 2.45) is 5.92 Å². The molecule has 0 amide bonds. The third-order valence-electron chi connectivity index (χ3n) is 8.57. The minimum atomic E-state index is 0.645. The molecule has 37 heavy (non-hydrogen) atoms. The lowest BCUT2D eigenvalue weighted by atomic mass is 9.95. The summed E-state index contributed by atoms with van der Waals surface area (Å²) in [5.74, 6) is 1.35. The summed E-state index contributed by atoms with van der Waals surface area (Å²) < 4.78 is 4.96. The molecule has 0 bridgehead atoms. The van der Waals surface area contributed by atoms with Crippen molar-refractivity contribution in [2.75, 3.05) is 0 Å². The second kappa shape index (κ2) is 7.02. The van der Waals surface area contributed by atoms with Crippen LogP contribution in [0.2, 0.25) is 0 Å². The van der Waals surface area contributed by atoms with Crippen LogP contribution < -0.4 is 0 Å². The molecule has 0 aliphatic heterocycles. The zero-order chi connectivity index (χ0) is 24.1. The number of benzene rings is 5. The van der Waals surface area contributed by atoms with Crippen LogP contribution in [0.1, 0.15) is 23.5 Å². The van der Waals surface area contributed by atoms with Crippen LogP contribution in [0.15, 0.2) is 115 Å². The first-order chi connectivity index (χ1) is 18.4. The summed E-state index contributed by atoms with van der Waals surface area (Å²) in [6.45, 7) is 0. The lowest BCUT2D eigenvalue weighted by molar-refractivity contribution is 0.971. The van der Waals surface area contributed by atoms with E-state index in [9.17, 15) is 0 Å². The summed E-state index contributed by atoms with van der Waals surface area (Å²) in [6.07, 6.45) is 6.01. The topological polar surface area (TPSA) is 9.86 Å². The SMILES string of the molecule is C1=C[C@@H]2CC2c2c1cccc2-n1c2ccccc2c2cc3c4ccccc4n(-c4ccccc4)c3cc21. The van der Waals surface area contributed by atoms with Crippen LogP contribution in [0.3, 0.4) is 0 Å². The Kier molecular flexibility index (Phi) is 3.72. The molecular weight excluding hydrogens is 448 g/mol. The Balaban J connectivity index is 1.47. The molecule has 2 aliphatic rings. The van der Waals surface area contributed by atoms with Crippen LogP contribution in [-0.4, -0.2) is 9.13 Å². The maximum Gasteiger partial charge on any atom is 0.0562 e. The van der Waals surface area contributed by atoms with Crippen molar-refractivity contribution >= 4 is 49.7 Å². The van der Waals surface area contributed by atoms with Crippen LogP contribution in [0.5, 0.6) is 0 Å². The molecule has 2 atom stereocenters. The molecule has 2 heteroatoms. The molecule has 0 radical (unpaired) electrons. The van der Waals surface area contributed by atoms with E-state index in [1.165, 1.54) is 72.5 Å². The van der Waals surface area contributed by atoms with Crippen LogP contribution in [0.4, 0.5) is 0 Å². The van der Waals surface area contributed by atoms with Gasteiger partial charge in [-0.25, -0.2) is 0 Å². The first-order valence-electron chi connectivity index (χ1n) is 13.2. The number of fused-ring (bicyclic) bond motifs is 9. The summed E-state index contributed by atoms with van der Waals surface area (Å²) in [7, 11) is 0. The van der Waals surface area contributed by atoms with Gasteiger partial charge in [-0.15, -0.1) is 0 Å². The molecule has 2 nitrogen and oxygen atoms in total. The van der Waals surface area contributed by atoms with Crippen molar-refractivity contribution < 1.29 is 0 Å². The fourth-order valence-electron chi connectivity index (χ4n) is 6.85. The van der Waals surface area contributed by atoms with Gasteiger partial charge in [0.1, 0.15) is 0 Å². The molecule has 174 valence electrons. The second-order valence-corrected chi connectivity index (χ2v) is 10.6. The van der Waals surface area contributed by atoms with Gasteiger partial charge in [-0.1, -0.05) is 78.9 Å². The van der Waals surface area contributed by atoms with Crippen molar-refractivity contribution in [3.8, 4) is 11.4 Å². The molecule has 9 rings (SSSR count). The molecule has 1 fully saturated rings. The van der Waals surface area contributed by atoms with Gasteiger partial charge in [0, 0.05) is 27.2 Å². The van der Waals surface area contributed by atoms with Gasteiger partial charge < -0.3 is 9.13 Å². The predicted octanol–water partition coefficient (Wildman–Crippen LogP) is 9.01. The van der Waals surface area contributed by atoms with E-state index in [2.05, 4.69) is 130 Å². The van der Waals surface area contributed by atoms with Crippen molar-refractivity contribution in [3.05, 3.63) is 126 Å². The number of nitrogens with zero attached hydrogens (tertiary/aromatic N) is 2. The molecule has 5 aromatic carbocycles. The van der Waals surface area contributed by atoms with E-state index in [0.29, 0.717) is 11.8 Å². The average Bonchev–Trinajstić information content (AvgIpc) is 3.60. The Bertz CT molecular complexity index is 2070. The fraction of sp³-hybridized carbons (Fsp3) is 0.0857. The highest BCUT2D eigenvalue weighted by Gasteiger charge is 2.41. The molecule has 0 N–H and O–H groups in total. The predicted molar refractivity (Wildman–Crippen MR) is 155 cm³/mol. The molecule has 2 aliphatic carbocycles. The molecule has 1 unspecified atom stereocenters. The lowest BCUT2D eigenvalue weighted by Crippen LogP contribution is -2.03. The summed E-state index contributed by atoms with van der Waals surface area (Å²) >= 11 is 0. The standard InChI is InChI=1S/C35H24N2/c1-2-10-24(11-3-1)36-30-14-6-4-12-25(30)28-20-29-26-13-5-7-15-31(26)37(34(29)21-33(28)36)32-16-8-9-22-17-18-23-19-27(23)35(22)32/h1-18,20-21,23,27H,19H2/t23-,27?/m1/s1. The smallest absolute Gasteiger partial charge is 0.0562 e. The average molecular weight is 473 g/mol. The number of para-hydroxylation sites is 3. The van der Waals surface area contributed by atoms with Crippen molar-refractivity contribution in [1.82, 2.24) is 9.13 Å². The van der Waals surface area contributed by atoms with Crippen LogP contribution >= 0.6 is 0 Å². The first-order valence-corrected chi connectivity index (χ1v) is 13.2. The zero-order valence-electron chi connectivity index (χ0n) is 20.3. The van der Waals surface area contributed by atoms with E-state index in [1.807, 2.05) is 0 Å². The van der Waals surface area contributed by atoms with E-state index in [1.54, 1.807) is 0 Å². The van der Waals surface area contributed by atoms with E-state index in [-0.39, 0.29) is 0 Å². The Hall–Kier alpha value is -4.56. The van der Waals surface area contributed by atoms with Gasteiger partial charge in [0.05, 0.1) is 27.8 Å². The van der Waals surface area contributed by atoms with Gasteiger partial charge in [-0.3, -0.25) is 0 Å². The first kappa shape index (κ1) is 19.6. The third kappa shape index (κ3) is 2.60. The number of allylic oxidation sites excluding steroid dienone is 1. The maximum absolute atomic E-state index is 2.53. The summed E-state index contributed by atoms with van der Waals surface area (Å²) in [6, 6.07) is 40.2. The number of hydrogen-bond donors (Lipinski definition) is 0. The molecule has 0 saturated heterocycles. The maximum atomic E-state index is 2.53. The Morgan fingerprint density at radius 3 is 2.00 bits per heavy atom. The van der Waals surface area contributed by atoms with Gasteiger partial charge in [-0.05, 0) is 71.8 Å². The molecule has 2 heterocycles. The Labute approximate surface area is 214 Å². The van der Waals surface area contributed by atoms with Crippen LogP contribution in [-0.2, 0) is 0 Å². The minimum Gasteiger partial charge on any atom is -0.309 e. The van der Waals surface area contributed by atoms with Crippen LogP contribution in [0, 0.1) is 5.92 Å². The van der Waals surface area contributed by atoms with E-state index < -0.39 is 0 Å². The highest BCUT2D eigenvalue weighted by atomic mass is 15.0. The summed E-state index contributed by atoms with van der Waals surface area (Å²) in [5.41, 5.74) is 10.5. The molecule has 1 saturated carbocycles. The largest absolute Gasteiger partial charge is 0.309 e. The van der Waals surface area contributed by atoms with Crippen molar-refractivity contribution in [1.29, 1.82) is 0 Å². The van der Waals surface area contributed by atoms with E-state index >= 15 is 0 Å². The van der Waals surface area contributed by atoms with Crippen molar-refractivity contribution in [3.63, 3.8) is 0 Å². The van der Waals surface area contributed by atoms with Crippen molar-refractivity contribution in [2.45, 2.75) is 12.3 Å². The molecule has 7 aromatic rings. The number of rotatable bonds is 2. The summed E-state index contributed by atoms with van der Waals surface area (Å²) in [5, 5.41) is 5.22. The monoisotopic (exact) mass is 472 g/mol. The Morgan fingerprint density at radius 1 is 0.541 bits per heavy atom. The number of hydrogen-bond acceptors (Lipinski definition) is 0. The van der Waals surface area contributed by atoms with Gasteiger partial charge in [0.2, 0.25) is 0 Å². The summed E-state index contributed by atoms with van der Waals surface area (Å²) in [4.78, 5) is 0. The van der Waals surface area contributed by atoms with Gasteiger partial charge in [0.15, 0.2) is 0 Å². The molecule has 0 spiro atoms. The minimum absolute atomic E-state index is 0.645. The number of aromatic nitrogens is 2.